The molecule has 0 unspecified atom stereocenters. The normalized spacial score (nSPS) is 17.4. The number of anilines is 1. The maximum absolute atomic E-state index is 12.8. The van der Waals surface area contributed by atoms with E-state index in [0.717, 1.165) is 16.2 Å². The number of para-hydroxylation sites is 1. The minimum Gasteiger partial charge on any atom is -0.323 e. The fourth-order valence-electron chi connectivity index (χ4n) is 3.26. The van der Waals surface area contributed by atoms with Gasteiger partial charge in [0.2, 0.25) is 10.0 Å². The Morgan fingerprint density at radius 2 is 1.63 bits per heavy atom. The molecule has 1 amide bonds. The first kappa shape index (κ1) is 19.5. The highest BCUT2D eigenvalue weighted by atomic mass is 32.2. The van der Waals surface area contributed by atoms with Gasteiger partial charge >= 0.3 is 0 Å². The Kier molecular flexibility index (Phi) is 5.94. The number of quaternary nitrogens is 1. The van der Waals surface area contributed by atoms with Crippen molar-refractivity contribution in [3.05, 3.63) is 60.2 Å². The van der Waals surface area contributed by atoms with Gasteiger partial charge < -0.3 is 10.2 Å². The highest BCUT2D eigenvalue weighted by Crippen LogP contribution is 2.16. The first-order chi connectivity index (χ1) is 12.9. The molecule has 1 fully saturated rings. The van der Waals surface area contributed by atoms with Gasteiger partial charge in [-0.05, 0) is 38.1 Å². The lowest BCUT2D eigenvalue weighted by Crippen LogP contribution is -3.19. The van der Waals surface area contributed by atoms with E-state index in [1.807, 2.05) is 56.3 Å². The number of hydrogen-bond donors (Lipinski definition) is 2. The fraction of sp³-hybridized carbons (Fsp3) is 0.350. The minimum absolute atomic E-state index is 0.0500. The minimum atomic E-state index is -3.48. The Balaban J connectivity index is 1.59. The maximum atomic E-state index is 12.8. The molecule has 0 bridgehead atoms. The summed E-state index contributed by atoms with van der Waals surface area (Å²) in [7, 11) is -3.48. The molecular formula is C20H26N3O3S+. The quantitative estimate of drug-likeness (QED) is 0.800. The van der Waals surface area contributed by atoms with Crippen LogP contribution >= 0.6 is 0 Å². The van der Waals surface area contributed by atoms with Crippen molar-refractivity contribution >= 4 is 21.6 Å². The van der Waals surface area contributed by atoms with Crippen LogP contribution in [-0.4, -0.2) is 50.9 Å². The van der Waals surface area contributed by atoms with E-state index in [9.17, 15) is 13.2 Å². The number of nitrogens with one attached hydrogen (secondary N) is 2. The van der Waals surface area contributed by atoms with Crippen molar-refractivity contribution in [2.75, 3.05) is 31.5 Å². The molecule has 3 rings (SSSR count). The van der Waals surface area contributed by atoms with Crippen molar-refractivity contribution in [3.63, 3.8) is 0 Å². The summed E-state index contributed by atoms with van der Waals surface area (Å²) in [5.41, 5.74) is 1.80. The summed E-state index contributed by atoms with van der Waals surface area (Å²) in [5, 5.41) is 2.92. The number of rotatable bonds is 5. The van der Waals surface area contributed by atoms with Crippen LogP contribution in [0, 0.1) is 6.92 Å². The van der Waals surface area contributed by atoms with E-state index >= 15 is 0 Å². The van der Waals surface area contributed by atoms with Gasteiger partial charge in [-0.3, -0.25) is 4.79 Å². The Morgan fingerprint density at radius 3 is 2.22 bits per heavy atom. The number of aryl methyl sites for hydroxylation is 1. The van der Waals surface area contributed by atoms with E-state index < -0.39 is 10.0 Å². The lowest BCUT2D eigenvalue weighted by molar-refractivity contribution is -0.917. The van der Waals surface area contributed by atoms with Crippen LogP contribution in [0.25, 0.3) is 0 Å². The first-order valence-corrected chi connectivity index (χ1v) is 10.6. The van der Waals surface area contributed by atoms with Crippen molar-refractivity contribution in [2.24, 2.45) is 0 Å². The van der Waals surface area contributed by atoms with Crippen LogP contribution in [0.15, 0.2) is 59.5 Å². The molecule has 6 nitrogen and oxygen atoms in total. The number of carbonyl (C=O) groups excluding carboxylic acids is 1. The van der Waals surface area contributed by atoms with E-state index in [-0.39, 0.29) is 11.9 Å². The topological polar surface area (TPSA) is 70.9 Å². The zero-order valence-corrected chi connectivity index (χ0v) is 16.5. The third-order valence-electron chi connectivity index (χ3n) is 5.07. The summed E-state index contributed by atoms with van der Waals surface area (Å²) in [4.78, 5) is 13.9. The number of sulfonamides is 1. The van der Waals surface area contributed by atoms with Crippen molar-refractivity contribution in [2.45, 2.75) is 24.8 Å². The van der Waals surface area contributed by atoms with Crippen molar-refractivity contribution in [1.29, 1.82) is 0 Å². The largest absolute Gasteiger partial charge is 0.323 e. The number of benzene rings is 2. The molecule has 2 aromatic carbocycles. The van der Waals surface area contributed by atoms with E-state index in [4.69, 9.17) is 0 Å². The average Bonchev–Trinajstić information content (AvgIpc) is 2.68. The van der Waals surface area contributed by atoms with Gasteiger partial charge in [0, 0.05) is 5.69 Å². The summed E-state index contributed by atoms with van der Waals surface area (Å²) < 4.78 is 27.1. The smallest absolute Gasteiger partial charge is 0.282 e. The molecule has 1 aliphatic rings. The maximum Gasteiger partial charge on any atom is 0.282 e. The van der Waals surface area contributed by atoms with Gasteiger partial charge in [0.15, 0.2) is 6.04 Å². The van der Waals surface area contributed by atoms with Crippen LogP contribution in [0.3, 0.4) is 0 Å². The van der Waals surface area contributed by atoms with Crippen LogP contribution in [0.5, 0.6) is 0 Å². The third-order valence-corrected chi connectivity index (χ3v) is 6.98. The van der Waals surface area contributed by atoms with Gasteiger partial charge in [-0.2, -0.15) is 4.31 Å². The summed E-state index contributed by atoms with van der Waals surface area (Å²) in [6, 6.07) is 16.0. The number of carbonyl (C=O) groups is 1. The van der Waals surface area contributed by atoms with Crippen LogP contribution < -0.4 is 10.2 Å². The fourth-order valence-corrected chi connectivity index (χ4v) is 4.70. The summed E-state index contributed by atoms with van der Waals surface area (Å²) in [6.45, 7) is 5.85. The number of nitrogens with zero attached hydrogens (tertiary/aromatic N) is 1. The van der Waals surface area contributed by atoms with E-state index in [1.54, 1.807) is 12.1 Å². The predicted molar refractivity (Wildman–Crippen MR) is 105 cm³/mol. The van der Waals surface area contributed by atoms with Gasteiger partial charge in [-0.25, -0.2) is 8.42 Å². The monoisotopic (exact) mass is 388 g/mol. The Bertz CT molecular complexity index is 874. The van der Waals surface area contributed by atoms with E-state index in [2.05, 4.69) is 5.32 Å². The predicted octanol–water partition coefficient (Wildman–Crippen LogP) is 0.911. The number of piperazine rings is 1. The first-order valence-electron chi connectivity index (χ1n) is 9.15. The zero-order valence-electron chi connectivity index (χ0n) is 15.7. The Hall–Kier alpha value is -2.22. The van der Waals surface area contributed by atoms with Crippen LogP contribution in [-0.2, 0) is 14.8 Å². The van der Waals surface area contributed by atoms with Gasteiger partial charge in [-0.15, -0.1) is 0 Å². The van der Waals surface area contributed by atoms with Crippen LogP contribution in [0.1, 0.15) is 12.5 Å². The molecule has 2 aromatic rings. The summed E-state index contributed by atoms with van der Waals surface area (Å²) in [5.74, 6) is -0.0500. The van der Waals surface area contributed by atoms with Crippen LogP contribution in [0.2, 0.25) is 0 Å². The van der Waals surface area contributed by atoms with Gasteiger partial charge in [0.05, 0.1) is 31.1 Å². The number of hydrogen-bond acceptors (Lipinski definition) is 3. The molecule has 1 saturated heterocycles. The third kappa shape index (κ3) is 4.55. The molecule has 0 aromatic heterocycles. The molecule has 144 valence electrons. The summed E-state index contributed by atoms with van der Waals surface area (Å²) >= 11 is 0. The highest BCUT2D eigenvalue weighted by molar-refractivity contribution is 7.89. The Morgan fingerprint density at radius 1 is 1.04 bits per heavy atom. The molecule has 0 spiro atoms. The second kappa shape index (κ2) is 8.21. The zero-order chi connectivity index (χ0) is 19.4. The van der Waals surface area contributed by atoms with Crippen LogP contribution in [0.4, 0.5) is 5.69 Å². The van der Waals surface area contributed by atoms with Gasteiger partial charge in [0.1, 0.15) is 0 Å². The SMILES string of the molecule is Cc1ccc(S(=O)(=O)N2CC[NH+]([C@H](C)C(=O)Nc3ccccc3)CC2)cc1. The molecule has 0 saturated carbocycles. The molecule has 1 aliphatic heterocycles. The average molecular weight is 389 g/mol. The molecule has 1 atom stereocenters. The molecule has 1 heterocycles. The van der Waals surface area contributed by atoms with Gasteiger partial charge in [-0.1, -0.05) is 35.9 Å². The van der Waals surface area contributed by atoms with Crippen molar-refractivity contribution in [3.8, 4) is 0 Å². The molecule has 0 radical (unpaired) electrons. The molecule has 27 heavy (non-hydrogen) atoms. The van der Waals surface area contributed by atoms with E-state index in [0.29, 0.717) is 31.1 Å². The molecule has 0 aliphatic carbocycles. The Labute approximate surface area is 160 Å². The van der Waals surface area contributed by atoms with E-state index in [1.165, 1.54) is 4.31 Å². The highest BCUT2D eigenvalue weighted by Gasteiger charge is 2.34. The van der Waals surface area contributed by atoms with Gasteiger partial charge in [0.25, 0.3) is 5.91 Å². The molecule has 2 N–H and O–H groups in total. The lowest BCUT2D eigenvalue weighted by atomic mass is 10.2. The number of amides is 1. The lowest BCUT2D eigenvalue weighted by Gasteiger charge is -2.34. The second-order valence-corrected chi connectivity index (χ2v) is 8.89. The standard InChI is InChI=1S/C20H25N3O3S/c1-16-8-10-19(11-9-16)27(25,26)23-14-12-22(13-15-23)17(2)20(24)21-18-6-4-3-5-7-18/h3-11,17H,12-15H2,1-2H3,(H,21,24)/p+1/t17-/m1/s1. The molecule has 7 heteroatoms. The molecular weight excluding hydrogens is 362 g/mol. The van der Waals surface area contributed by atoms with Crippen molar-refractivity contribution in [1.82, 2.24) is 4.31 Å². The second-order valence-electron chi connectivity index (χ2n) is 6.95. The van der Waals surface area contributed by atoms with Crippen molar-refractivity contribution < 1.29 is 18.1 Å². The summed E-state index contributed by atoms with van der Waals surface area (Å²) in [6.07, 6.45) is 0.